The van der Waals surface area contributed by atoms with E-state index in [1.165, 1.54) is 0 Å². The molecule has 0 aliphatic carbocycles. The molecule has 0 radical (unpaired) electrons. The molecule has 0 atom stereocenters. The van der Waals surface area contributed by atoms with E-state index >= 15 is 0 Å². The summed E-state index contributed by atoms with van der Waals surface area (Å²) in [7, 11) is 0. The van der Waals surface area contributed by atoms with Crippen LogP contribution in [0.25, 0.3) is 0 Å². The lowest BCUT2D eigenvalue weighted by atomic mass is 10.1. The highest BCUT2D eigenvalue weighted by molar-refractivity contribution is 4.86. The van der Waals surface area contributed by atoms with Gasteiger partial charge in [-0.3, -0.25) is 0 Å². The number of hydrogen-bond acceptors (Lipinski definition) is 6. The van der Waals surface area contributed by atoms with Crippen molar-refractivity contribution in [1.29, 1.82) is 0 Å². The highest BCUT2D eigenvalue weighted by atomic mass is 16.5. The van der Waals surface area contributed by atoms with Crippen LogP contribution in [0.2, 0.25) is 0 Å². The van der Waals surface area contributed by atoms with Crippen molar-refractivity contribution < 1.29 is 14.4 Å². The van der Waals surface area contributed by atoms with Gasteiger partial charge in [0, 0.05) is 6.42 Å². The zero-order valence-electron chi connectivity index (χ0n) is 9.89. The molecule has 0 aromatic carbocycles. The highest BCUT2D eigenvalue weighted by Crippen LogP contribution is 2.08. The number of hydrogen-bond donors (Lipinski definition) is 2. The molecule has 0 bridgehead atoms. The lowest BCUT2D eigenvalue weighted by molar-refractivity contribution is 0.0322. The molecule has 1 fully saturated rings. The molecule has 0 amide bonds. The Morgan fingerprint density at radius 1 is 1.35 bits per heavy atom. The van der Waals surface area contributed by atoms with Crippen molar-refractivity contribution in [2.24, 2.45) is 0 Å². The molecule has 0 saturated carbocycles. The van der Waals surface area contributed by atoms with E-state index in [9.17, 15) is 0 Å². The fourth-order valence-corrected chi connectivity index (χ4v) is 1.87. The molecule has 2 heterocycles. The molecule has 1 aliphatic heterocycles. The zero-order chi connectivity index (χ0) is 11.9. The van der Waals surface area contributed by atoms with Crippen molar-refractivity contribution in [1.82, 2.24) is 15.5 Å². The fourth-order valence-electron chi connectivity index (χ4n) is 1.87. The molecular weight excluding hydrogens is 222 g/mol. The first-order valence-electron chi connectivity index (χ1n) is 6.13. The SMILES string of the molecule is OCCc1noc(CCOC2CCNCC2)n1. The smallest absolute Gasteiger partial charge is 0.228 e. The second-order valence-electron chi connectivity index (χ2n) is 4.15. The lowest BCUT2D eigenvalue weighted by Crippen LogP contribution is -2.32. The van der Waals surface area contributed by atoms with Gasteiger partial charge in [-0.05, 0) is 25.9 Å². The number of nitrogens with zero attached hydrogens (tertiary/aromatic N) is 2. The quantitative estimate of drug-likeness (QED) is 0.725. The average Bonchev–Trinajstić information content (AvgIpc) is 2.79. The Morgan fingerprint density at radius 3 is 2.94 bits per heavy atom. The first-order valence-corrected chi connectivity index (χ1v) is 6.13. The molecule has 0 unspecified atom stereocenters. The minimum absolute atomic E-state index is 0.0462. The minimum Gasteiger partial charge on any atom is -0.396 e. The minimum atomic E-state index is 0.0462. The summed E-state index contributed by atoms with van der Waals surface area (Å²) < 4.78 is 10.8. The first-order chi connectivity index (χ1) is 8.38. The Hall–Kier alpha value is -0.980. The van der Waals surface area contributed by atoms with E-state index in [1.807, 2.05) is 0 Å². The molecule has 96 valence electrons. The summed E-state index contributed by atoms with van der Waals surface area (Å²) in [6, 6.07) is 0. The van der Waals surface area contributed by atoms with Gasteiger partial charge < -0.3 is 19.7 Å². The highest BCUT2D eigenvalue weighted by Gasteiger charge is 2.13. The van der Waals surface area contributed by atoms with E-state index in [0.717, 1.165) is 25.9 Å². The average molecular weight is 241 g/mol. The first kappa shape index (κ1) is 12.5. The molecule has 6 nitrogen and oxygen atoms in total. The molecule has 0 spiro atoms. The number of ether oxygens (including phenoxy) is 1. The molecule has 6 heteroatoms. The number of rotatable bonds is 6. The second-order valence-corrected chi connectivity index (χ2v) is 4.15. The lowest BCUT2D eigenvalue weighted by Gasteiger charge is -2.22. The van der Waals surface area contributed by atoms with E-state index in [2.05, 4.69) is 15.5 Å². The third kappa shape index (κ3) is 4.07. The molecule has 1 aliphatic rings. The molecule has 2 rings (SSSR count). The van der Waals surface area contributed by atoms with E-state index in [-0.39, 0.29) is 6.61 Å². The van der Waals surface area contributed by atoms with Crippen LogP contribution in [0.15, 0.2) is 4.52 Å². The topological polar surface area (TPSA) is 80.4 Å². The summed E-state index contributed by atoms with van der Waals surface area (Å²) >= 11 is 0. The number of piperidine rings is 1. The molecule has 1 aromatic rings. The maximum absolute atomic E-state index is 8.72. The van der Waals surface area contributed by atoms with E-state index in [1.54, 1.807) is 0 Å². The van der Waals surface area contributed by atoms with Crippen LogP contribution >= 0.6 is 0 Å². The van der Waals surface area contributed by atoms with Crippen LogP contribution in [0.3, 0.4) is 0 Å². The largest absolute Gasteiger partial charge is 0.396 e. The number of nitrogens with one attached hydrogen (secondary N) is 1. The van der Waals surface area contributed by atoms with Crippen LogP contribution in [0.4, 0.5) is 0 Å². The Kier molecular flexibility index (Phi) is 4.90. The molecular formula is C11H19N3O3. The number of aliphatic hydroxyl groups is 1. The number of aliphatic hydroxyl groups excluding tert-OH is 1. The standard InChI is InChI=1S/C11H19N3O3/c15-7-3-10-13-11(17-14-10)4-8-16-9-1-5-12-6-2-9/h9,12,15H,1-8H2. The van der Waals surface area contributed by atoms with Crippen LogP contribution < -0.4 is 5.32 Å². The van der Waals surface area contributed by atoms with Gasteiger partial charge in [-0.1, -0.05) is 5.16 Å². The Morgan fingerprint density at radius 2 is 2.18 bits per heavy atom. The van der Waals surface area contributed by atoms with Gasteiger partial charge in [0.25, 0.3) is 0 Å². The molecule has 1 saturated heterocycles. The van der Waals surface area contributed by atoms with E-state index < -0.39 is 0 Å². The number of aromatic nitrogens is 2. The van der Waals surface area contributed by atoms with E-state index in [0.29, 0.717) is 37.3 Å². The summed E-state index contributed by atoms with van der Waals surface area (Å²) in [5.74, 6) is 1.15. The predicted molar refractivity (Wildman–Crippen MR) is 60.6 cm³/mol. The summed E-state index contributed by atoms with van der Waals surface area (Å²) in [4.78, 5) is 4.15. The Labute approximate surface area is 100 Å². The Bertz CT molecular complexity index is 324. The van der Waals surface area contributed by atoms with Crippen LogP contribution in [-0.2, 0) is 17.6 Å². The predicted octanol–water partition coefficient (Wildman–Crippen LogP) is -0.0845. The van der Waals surface area contributed by atoms with Gasteiger partial charge in [0.1, 0.15) is 0 Å². The monoisotopic (exact) mass is 241 g/mol. The van der Waals surface area contributed by atoms with Crippen molar-refractivity contribution in [3.63, 3.8) is 0 Å². The van der Waals surface area contributed by atoms with Gasteiger partial charge in [-0.2, -0.15) is 4.98 Å². The Balaban J connectivity index is 1.66. The van der Waals surface area contributed by atoms with Crippen molar-refractivity contribution in [2.45, 2.75) is 31.8 Å². The van der Waals surface area contributed by atoms with Crippen LogP contribution in [0, 0.1) is 0 Å². The van der Waals surface area contributed by atoms with Gasteiger partial charge in [0.15, 0.2) is 5.82 Å². The van der Waals surface area contributed by atoms with Crippen LogP contribution in [-0.4, -0.2) is 47.7 Å². The van der Waals surface area contributed by atoms with E-state index in [4.69, 9.17) is 14.4 Å². The van der Waals surface area contributed by atoms with Crippen molar-refractivity contribution >= 4 is 0 Å². The second kappa shape index (κ2) is 6.68. The normalized spacial score (nSPS) is 17.5. The summed E-state index contributed by atoms with van der Waals surface area (Å²) in [5.41, 5.74) is 0. The summed E-state index contributed by atoms with van der Waals surface area (Å²) in [5, 5.41) is 15.8. The maximum Gasteiger partial charge on any atom is 0.228 e. The third-order valence-corrected chi connectivity index (χ3v) is 2.80. The van der Waals surface area contributed by atoms with Gasteiger partial charge in [-0.25, -0.2) is 0 Å². The van der Waals surface area contributed by atoms with Crippen molar-refractivity contribution in [3.05, 3.63) is 11.7 Å². The molecule has 2 N–H and O–H groups in total. The summed E-state index contributed by atoms with van der Waals surface area (Å²) in [6.45, 7) is 2.73. The van der Waals surface area contributed by atoms with Crippen molar-refractivity contribution in [3.8, 4) is 0 Å². The molecule has 17 heavy (non-hydrogen) atoms. The van der Waals surface area contributed by atoms with Gasteiger partial charge in [-0.15, -0.1) is 0 Å². The van der Waals surface area contributed by atoms with Gasteiger partial charge >= 0.3 is 0 Å². The zero-order valence-corrected chi connectivity index (χ0v) is 9.89. The maximum atomic E-state index is 8.72. The van der Waals surface area contributed by atoms with Crippen LogP contribution in [0.1, 0.15) is 24.6 Å². The fraction of sp³-hybridized carbons (Fsp3) is 0.818. The van der Waals surface area contributed by atoms with Crippen LogP contribution in [0.5, 0.6) is 0 Å². The van der Waals surface area contributed by atoms with Gasteiger partial charge in [0.05, 0.1) is 25.7 Å². The van der Waals surface area contributed by atoms with Crippen molar-refractivity contribution in [2.75, 3.05) is 26.3 Å². The summed E-state index contributed by atoms with van der Waals surface area (Å²) in [6.07, 6.45) is 3.58. The third-order valence-electron chi connectivity index (χ3n) is 2.80. The van der Waals surface area contributed by atoms with Gasteiger partial charge in [0.2, 0.25) is 5.89 Å². The molecule has 1 aromatic heterocycles.